The van der Waals surface area contributed by atoms with E-state index in [-0.39, 0.29) is 0 Å². The van der Waals surface area contributed by atoms with E-state index in [9.17, 15) is 0 Å². The van der Waals surface area contributed by atoms with Gasteiger partial charge in [-0.3, -0.25) is 4.90 Å². The minimum Gasteiger partial charge on any atom is -0.381 e. The summed E-state index contributed by atoms with van der Waals surface area (Å²) in [4.78, 5) is 2.45. The molecule has 0 amide bonds. The third kappa shape index (κ3) is 3.62. The van der Waals surface area contributed by atoms with Crippen molar-refractivity contribution < 1.29 is 0 Å². The monoisotopic (exact) mass is 366 g/mol. The van der Waals surface area contributed by atoms with Crippen LogP contribution < -0.4 is 5.32 Å². The average Bonchev–Trinajstić information content (AvgIpc) is 3.23. The number of benzene rings is 2. The molecule has 1 N–H and O–H groups in total. The Morgan fingerprint density at radius 3 is 2.50 bits per heavy atom. The molecule has 1 saturated heterocycles. The summed E-state index contributed by atoms with van der Waals surface area (Å²) >= 11 is 6.67. The van der Waals surface area contributed by atoms with Gasteiger partial charge >= 0.3 is 0 Å². The summed E-state index contributed by atoms with van der Waals surface area (Å²) in [5.74, 6) is 0. The smallest absolute Gasteiger partial charge is 0.137 e. The number of nitrogens with one attached hydrogen (secondary N) is 1. The maximum Gasteiger partial charge on any atom is 0.137 e. The van der Waals surface area contributed by atoms with Crippen molar-refractivity contribution in [3.05, 3.63) is 77.1 Å². The first-order valence-corrected chi connectivity index (χ1v) is 9.42. The lowest BCUT2D eigenvalue weighted by molar-refractivity contribution is 0.328. The van der Waals surface area contributed by atoms with Crippen LogP contribution in [0.1, 0.15) is 17.7 Å². The summed E-state index contributed by atoms with van der Waals surface area (Å²) in [6.45, 7) is 4.96. The molecular formula is C21H23ClN4. The van der Waals surface area contributed by atoms with Gasteiger partial charge in [-0.2, -0.15) is 5.10 Å². The first-order valence-electron chi connectivity index (χ1n) is 9.04. The molecule has 5 heteroatoms. The van der Waals surface area contributed by atoms with Gasteiger partial charge in [-0.1, -0.05) is 48.0 Å². The number of para-hydroxylation sites is 2. The first-order chi connectivity index (χ1) is 12.7. The van der Waals surface area contributed by atoms with E-state index >= 15 is 0 Å². The summed E-state index contributed by atoms with van der Waals surface area (Å²) in [6, 6.07) is 20.9. The molecule has 2 aromatic carbocycles. The van der Waals surface area contributed by atoms with Crippen LogP contribution in [0.25, 0.3) is 5.69 Å². The third-order valence-corrected chi connectivity index (χ3v) is 5.31. The second kappa shape index (κ2) is 7.52. The quantitative estimate of drug-likeness (QED) is 0.720. The number of rotatable bonds is 5. The minimum atomic E-state index is 0.473. The van der Waals surface area contributed by atoms with E-state index in [2.05, 4.69) is 39.6 Å². The summed E-state index contributed by atoms with van der Waals surface area (Å²) in [5.41, 5.74) is 4.30. The number of aryl methyl sites for hydroxylation is 1. The van der Waals surface area contributed by atoms with Crippen LogP contribution in [0.3, 0.4) is 0 Å². The Bertz CT molecular complexity index is 860. The Morgan fingerprint density at radius 1 is 1.08 bits per heavy atom. The lowest BCUT2D eigenvalue weighted by Crippen LogP contribution is -2.26. The molecule has 1 fully saturated rings. The molecule has 1 aromatic heterocycles. The van der Waals surface area contributed by atoms with Crippen molar-refractivity contribution in [2.24, 2.45) is 0 Å². The molecule has 4 nitrogen and oxygen atoms in total. The second-order valence-electron chi connectivity index (χ2n) is 6.83. The van der Waals surface area contributed by atoms with Crippen LogP contribution in [0.15, 0.2) is 60.7 Å². The summed E-state index contributed by atoms with van der Waals surface area (Å²) < 4.78 is 1.84. The molecule has 1 aliphatic rings. The predicted molar refractivity (Wildman–Crippen MR) is 107 cm³/mol. The number of hydrogen-bond donors (Lipinski definition) is 1. The fraction of sp³-hybridized carbons (Fsp3) is 0.286. The van der Waals surface area contributed by atoms with Crippen LogP contribution in [0.4, 0.5) is 5.69 Å². The molecule has 0 unspecified atom stereocenters. The van der Waals surface area contributed by atoms with Crippen molar-refractivity contribution >= 4 is 17.3 Å². The van der Waals surface area contributed by atoms with Gasteiger partial charge in [0.15, 0.2) is 0 Å². The van der Waals surface area contributed by atoms with Crippen LogP contribution >= 0.6 is 11.6 Å². The van der Waals surface area contributed by atoms with Gasteiger partial charge < -0.3 is 5.32 Å². The predicted octanol–water partition coefficient (Wildman–Crippen LogP) is 4.52. The summed E-state index contributed by atoms with van der Waals surface area (Å²) in [5, 5.41) is 8.99. The molecule has 134 valence electrons. The van der Waals surface area contributed by atoms with Gasteiger partial charge in [0.2, 0.25) is 0 Å². The highest BCUT2D eigenvalue weighted by Gasteiger charge is 2.25. The number of hydrogen-bond acceptors (Lipinski definition) is 3. The Morgan fingerprint density at radius 2 is 1.77 bits per heavy atom. The average molecular weight is 367 g/mol. The van der Waals surface area contributed by atoms with Gasteiger partial charge in [-0.15, -0.1) is 0 Å². The molecule has 2 heterocycles. The van der Waals surface area contributed by atoms with Gasteiger partial charge in [0, 0.05) is 36.9 Å². The molecule has 0 radical (unpaired) electrons. The maximum absolute atomic E-state index is 6.67. The molecule has 0 aliphatic carbocycles. The highest BCUT2D eigenvalue weighted by atomic mass is 35.5. The van der Waals surface area contributed by atoms with E-state index in [4.69, 9.17) is 11.6 Å². The van der Waals surface area contributed by atoms with E-state index < -0.39 is 0 Å². The highest BCUT2D eigenvalue weighted by molar-refractivity contribution is 6.30. The SMILES string of the molecule is Cc1nn(-c2ccccc2)c(Cl)c1CN1CC[C@H](Nc2ccccc2)C1. The van der Waals surface area contributed by atoms with E-state index in [1.165, 1.54) is 5.69 Å². The summed E-state index contributed by atoms with van der Waals surface area (Å²) in [7, 11) is 0. The molecule has 3 aromatic rings. The molecule has 0 spiro atoms. The Hall–Kier alpha value is -2.30. The van der Waals surface area contributed by atoms with Crippen molar-refractivity contribution in [2.75, 3.05) is 18.4 Å². The van der Waals surface area contributed by atoms with Gasteiger partial charge in [0.1, 0.15) is 5.15 Å². The second-order valence-corrected chi connectivity index (χ2v) is 7.19. The highest BCUT2D eigenvalue weighted by Crippen LogP contribution is 2.26. The van der Waals surface area contributed by atoms with Crippen molar-refractivity contribution in [1.29, 1.82) is 0 Å². The number of likely N-dealkylation sites (tertiary alicyclic amines) is 1. The third-order valence-electron chi connectivity index (χ3n) is 4.92. The van der Waals surface area contributed by atoms with Crippen LogP contribution in [-0.4, -0.2) is 33.8 Å². The molecule has 0 bridgehead atoms. The van der Waals surface area contributed by atoms with E-state index in [1.807, 2.05) is 48.0 Å². The van der Waals surface area contributed by atoms with Crippen molar-refractivity contribution in [3.63, 3.8) is 0 Å². The molecule has 4 rings (SSSR count). The molecular weight excluding hydrogens is 344 g/mol. The Balaban J connectivity index is 1.44. The first kappa shape index (κ1) is 17.1. The lowest BCUT2D eigenvalue weighted by atomic mass is 10.2. The zero-order valence-corrected chi connectivity index (χ0v) is 15.7. The number of aromatic nitrogens is 2. The molecule has 0 saturated carbocycles. The van der Waals surface area contributed by atoms with Crippen molar-refractivity contribution in [2.45, 2.75) is 25.9 Å². The maximum atomic E-state index is 6.67. The molecule has 1 aliphatic heterocycles. The largest absolute Gasteiger partial charge is 0.381 e. The topological polar surface area (TPSA) is 33.1 Å². The number of halogens is 1. The standard InChI is InChI=1S/C21H23ClN4/c1-16-20(21(22)26(24-16)19-10-6-3-7-11-19)15-25-13-12-18(14-25)23-17-8-4-2-5-9-17/h2-11,18,23H,12-15H2,1H3/t18-/m0/s1. The number of anilines is 1. The van der Waals surface area contributed by atoms with Crippen LogP contribution in [-0.2, 0) is 6.54 Å². The van der Waals surface area contributed by atoms with Crippen LogP contribution in [0, 0.1) is 6.92 Å². The van der Waals surface area contributed by atoms with Crippen LogP contribution in [0.5, 0.6) is 0 Å². The van der Waals surface area contributed by atoms with Gasteiger partial charge in [-0.25, -0.2) is 4.68 Å². The number of nitrogens with zero attached hydrogens (tertiary/aromatic N) is 3. The normalized spacial score (nSPS) is 17.5. The van der Waals surface area contributed by atoms with E-state index in [0.717, 1.165) is 43.0 Å². The van der Waals surface area contributed by atoms with Gasteiger partial charge in [0.25, 0.3) is 0 Å². The minimum absolute atomic E-state index is 0.473. The fourth-order valence-electron chi connectivity index (χ4n) is 3.54. The van der Waals surface area contributed by atoms with Gasteiger partial charge in [0.05, 0.1) is 11.4 Å². The zero-order chi connectivity index (χ0) is 17.9. The van der Waals surface area contributed by atoms with E-state index in [0.29, 0.717) is 11.2 Å². The zero-order valence-electron chi connectivity index (χ0n) is 14.9. The van der Waals surface area contributed by atoms with E-state index in [1.54, 1.807) is 0 Å². The fourth-order valence-corrected chi connectivity index (χ4v) is 3.87. The van der Waals surface area contributed by atoms with Crippen molar-refractivity contribution in [1.82, 2.24) is 14.7 Å². The van der Waals surface area contributed by atoms with Crippen molar-refractivity contribution in [3.8, 4) is 5.69 Å². The Labute approximate surface area is 159 Å². The lowest BCUT2D eigenvalue weighted by Gasteiger charge is -2.17. The molecule has 1 atom stereocenters. The summed E-state index contributed by atoms with van der Waals surface area (Å²) in [6.07, 6.45) is 1.14. The van der Waals surface area contributed by atoms with Gasteiger partial charge in [-0.05, 0) is 37.6 Å². The van der Waals surface area contributed by atoms with Crippen LogP contribution in [0.2, 0.25) is 5.15 Å². The Kier molecular flexibility index (Phi) is 4.96. The molecule has 26 heavy (non-hydrogen) atoms.